The Hall–Kier alpha value is -5.13. The van der Waals surface area contributed by atoms with Gasteiger partial charge in [-0.2, -0.15) is 0 Å². The summed E-state index contributed by atoms with van der Waals surface area (Å²) in [4.78, 5) is 58.6. The van der Waals surface area contributed by atoms with Gasteiger partial charge in [0.1, 0.15) is 28.7 Å². The predicted molar refractivity (Wildman–Crippen MR) is 185 cm³/mol. The van der Waals surface area contributed by atoms with E-state index in [0.717, 1.165) is 10.9 Å². The molecule has 0 unspecified atom stereocenters. The highest BCUT2D eigenvalue weighted by Crippen LogP contribution is 2.47. The summed E-state index contributed by atoms with van der Waals surface area (Å²) in [6.07, 6.45) is 4.92. The summed E-state index contributed by atoms with van der Waals surface area (Å²) in [5.41, 5.74) is 2.60. The van der Waals surface area contributed by atoms with Crippen molar-refractivity contribution in [3.63, 3.8) is 0 Å². The zero-order valence-electron chi connectivity index (χ0n) is 28.8. The number of hydrogen-bond acceptors (Lipinski definition) is 8. The summed E-state index contributed by atoms with van der Waals surface area (Å²) >= 11 is 0. The van der Waals surface area contributed by atoms with E-state index in [9.17, 15) is 24.3 Å². The molecular weight excluding hydrogens is 640 g/mol. The monoisotopic (exact) mass is 684 g/mol. The van der Waals surface area contributed by atoms with E-state index in [-0.39, 0.29) is 31.7 Å². The number of carbonyl (C=O) groups excluding carboxylic acids is 3. The van der Waals surface area contributed by atoms with Crippen LogP contribution in [-0.4, -0.2) is 69.9 Å². The molecule has 2 aromatic carbocycles. The standard InChI is InChI=1S/C38H44N4O8/c1-37(2,3)50-36(47)41-42-17-11-6-5-10-14-24-22-38(24,35(45)46)40-33(43)28-18-26(19-29(28)34(42)44)49-32-21-30(23-12-8-7-9-13-23)39-31-20-25(48-4)15-16-27(31)32/h7-10,12-16,20-21,24,26,28-29H,5-6,11,17-19,22H2,1-4H3,(H,40,43)(H,41,47)(H,45,46)/b14-10-/t24-,26-,28-,29-,38-/m1/s1. The molecule has 0 saturated heterocycles. The van der Waals surface area contributed by atoms with Crippen LogP contribution in [0.1, 0.15) is 59.3 Å². The molecule has 3 amide bonds. The lowest BCUT2D eigenvalue weighted by Gasteiger charge is -2.30. The highest BCUT2D eigenvalue weighted by molar-refractivity contribution is 5.95. The van der Waals surface area contributed by atoms with Gasteiger partial charge in [0.25, 0.3) is 0 Å². The number of carboxylic acid groups (broad SMARTS) is 1. The molecule has 2 fully saturated rings. The topological polar surface area (TPSA) is 156 Å². The number of hydrazine groups is 1. The third kappa shape index (κ3) is 7.54. The molecule has 6 rings (SSSR count). The number of rotatable bonds is 6. The van der Waals surface area contributed by atoms with E-state index < -0.39 is 53.0 Å². The maximum Gasteiger partial charge on any atom is 0.426 e. The molecule has 12 nitrogen and oxygen atoms in total. The van der Waals surface area contributed by atoms with Crippen LogP contribution < -0.4 is 20.2 Å². The molecule has 5 atom stereocenters. The third-order valence-corrected chi connectivity index (χ3v) is 9.52. The van der Waals surface area contributed by atoms with Gasteiger partial charge in [0, 0.05) is 35.5 Å². The Labute approximate surface area is 291 Å². The molecule has 3 aliphatic rings. The van der Waals surface area contributed by atoms with Gasteiger partial charge in [0.2, 0.25) is 11.8 Å². The van der Waals surface area contributed by atoms with Crippen molar-refractivity contribution in [1.29, 1.82) is 0 Å². The number of carbonyl (C=O) groups is 4. The van der Waals surface area contributed by atoms with Gasteiger partial charge in [-0.3, -0.25) is 14.6 Å². The molecule has 1 aliphatic heterocycles. The SMILES string of the molecule is COc1ccc2c(O[C@@H]3C[C@H]4C(=O)N[C@]5(C(=O)O)C[C@H]5/C=C\CCCCN(NC(=O)OC(C)(C)C)C(=O)[C@@H]4C3)cc(-c3ccccc3)nc2c1. The number of carboxylic acids is 1. The Bertz CT molecular complexity index is 1810. The first kappa shape index (κ1) is 34.7. The van der Waals surface area contributed by atoms with E-state index in [1.807, 2.05) is 66.7 Å². The molecule has 2 saturated carbocycles. The second-order valence-corrected chi connectivity index (χ2v) is 14.3. The lowest BCUT2D eigenvalue weighted by atomic mass is 9.93. The number of ether oxygens (including phenoxy) is 3. The smallest absolute Gasteiger partial charge is 0.426 e. The average Bonchev–Trinajstić information content (AvgIpc) is 3.61. The van der Waals surface area contributed by atoms with Crippen LogP contribution in [0.4, 0.5) is 4.79 Å². The van der Waals surface area contributed by atoms with E-state index in [4.69, 9.17) is 19.2 Å². The van der Waals surface area contributed by atoms with Crippen molar-refractivity contribution in [2.45, 2.75) is 76.5 Å². The zero-order chi connectivity index (χ0) is 35.6. The first-order valence-corrected chi connectivity index (χ1v) is 17.1. The highest BCUT2D eigenvalue weighted by atomic mass is 16.6. The second kappa shape index (κ2) is 14.0. The minimum Gasteiger partial charge on any atom is -0.497 e. The first-order chi connectivity index (χ1) is 23.9. The maximum absolute atomic E-state index is 14.3. The van der Waals surface area contributed by atoms with E-state index in [0.29, 0.717) is 42.0 Å². The minimum atomic E-state index is -1.43. The molecule has 264 valence electrons. The van der Waals surface area contributed by atoms with E-state index in [1.165, 1.54) is 5.01 Å². The lowest BCUT2D eigenvalue weighted by molar-refractivity contribution is -0.146. The minimum absolute atomic E-state index is 0.152. The number of hydrogen-bond donors (Lipinski definition) is 3. The average molecular weight is 685 g/mol. The molecule has 3 N–H and O–H groups in total. The zero-order valence-corrected chi connectivity index (χ0v) is 28.8. The molecule has 50 heavy (non-hydrogen) atoms. The van der Waals surface area contributed by atoms with Gasteiger partial charge in [0.15, 0.2) is 0 Å². The fourth-order valence-corrected chi connectivity index (χ4v) is 6.89. The number of amides is 3. The number of nitrogens with one attached hydrogen (secondary N) is 2. The van der Waals surface area contributed by atoms with Crippen molar-refractivity contribution in [3.8, 4) is 22.8 Å². The fourth-order valence-electron chi connectivity index (χ4n) is 6.89. The molecule has 1 aromatic heterocycles. The van der Waals surface area contributed by atoms with Crippen molar-refractivity contribution in [1.82, 2.24) is 20.7 Å². The number of fused-ring (bicyclic) bond motifs is 3. The molecule has 12 heteroatoms. The van der Waals surface area contributed by atoms with E-state index >= 15 is 0 Å². The summed E-state index contributed by atoms with van der Waals surface area (Å²) in [5.74, 6) is -3.10. The number of aromatic nitrogens is 1. The molecule has 0 radical (unpaired) electrons. The Morgan fingerprint density at radius 3 is 2.52 bits per heavy atom. The quantitative estimate of drug-likeness (QED) is 0.279. The maximum atomic E-state index is 14.3. The second-order valence-electron chi connectivity index (χ2n) is 14.3. The number of nitrogens with zero attached hydrogens (tertiary/aromatic N) is 2. The number of pyridine rings is 1. The van der Waals surface area contributed by atoms with Gasteiger partial charge >= 0.3 is 12.1 Å². The number of allylic oxidation sites excluding steroid dienone is 1. The van der Waals surface area contributed by atoms with Crippen LogP contribution >= 0.6 is 0 Å². The van der Waals surface area contributed by atoms with Crippen molar-refractivity contribution in [3.05, 3.63) is 66.7 Å². The van der Waals surface area contributed by atoms with Gasteiger partial charge in [0.05, 0.1) is 30.2 Å². The number of benzene rings is 2. The predicted octanol–water partition coefficient (Wildman–Crippen LogP) is 5.65. The van der Waals surface area contributed by atoms with Gasteiger partial charge in [-0.15, -0.1) is 0 Å². The van der Waals surface area contributed by atoms with Crippen molar-refractivity contribution in [2.24, 2.45) is 17.8 Å². The van der Waals surface area contributed by atoms with Crippen LogP contribution in [0, 0.1) is 17.8 Å². The first-order valence-electron chi connectivity index (χ1n) is 17.1. The molecule has 0 spiro atoms. The summed E-state index contributed by atoms with van der Waals surface area (Å²) < 4.78 is 17.6. The summed E-state index contributed by atoms with van der Waals surface area (Å²) in [5, 5.41) is 14.9. The normalized spacial score (nSPS) is 26.1. The van der Waals surface area contributed by atoms with Crippen LogP contribution in [0.25, 0.3) is 22.2 Å². The Morgan fingerprint density at radius 2 is 1.80 bits per heavy atom. The Kier molecular flexibility index (Phi) is 9.73. The largest absolute Gasteiger partial charge is 0.497 e. The third-order valence-electron chi connectivity index (χ3n) is 9.52. The van der Waals surface area contributed by atoms with E-state index in [1.54, 1.807) is 27.9 Å². The van der Waals surface area contributed by atoms with Crippen LogP contribution in [0.3, 0.4) is 0 Å². The van der Waals surface area contributed by atoms with Crippen molar-refractivity contribution < 1.29 is 38.5 Å². The highest BCUT2D eigenvalue weighted by Gasteiger charge is 2.61. The van der Waals surface area contributed by atoms with Crippen LogP contribution in [-0.2, 0) is 19.1 Å². The van der Waals surface area contributed by atoms with Gasteiger partial charge in [-0.25, -0.2) is 20.0 Å². The Balaban J connectivity index is 1.34. The molecule has 2 heterocycles. The molecule has 2 aliphatic carbocycles. The fraction of sp³-hybridized carbons (Fsp3) is 0.447. The van der Waals surface area contributed by atoms with Crippen molar-refractivity contribution in [2.75, 3.05) is 13.7 Å². The van der Waals surface area contributed by atoms with Crippen LogP contribution in [0.2, 0.25) is 0 Å². The molecular formula is C38H44N4O8. The summed E-state index contributed by atoms with van der Waals surface area (Å²) in [7, 11) is 1.58. The summed E-state index contributed by atoms with van der Waals surface area (Å²) in [6.45, 7) is 5.40. The Morgan fingerprint density at radius 1 is 1.04 bits per heavy atom. The van der Waals surface area contributed by atoms with Gasteiger partial charge in [-0.1, -0.05) is 42.5 Å². The van der Waals surface area contributed by atoms with Crippen LogP contribution in [0.5, 0.6) is 11.5 Å². The molecule has 3 aromatic rings. The van der Waals surface area contributed by atoms with Crippen LogP contribution in [0.15, 0.2) is 66.7 Å². The lowest BCUT2D eigenvalue weighted by Crippen LogP contribution is -2.53. The summed E-state index contributed by atoms with van der Waals surface area (Å²) in [6, 6.07) is 17.0. The van der Waals surface area contributed by atoms with Gasteiger partial charge < -0.3 is 24.6 Å². The number of methoxy groups -OCH3 is 1. The van der Waals surface area contributed by atoms with Gasteiger partial charge in [-0.05, 0) is 71.4 Å². The number of aliphatic carboxylic acids is 1. The van der Waals surface area contributed by atoms with Crippen molar-refractivity contribution >= 4 is 34.8 Å². The van der Waals surface area contributed by atoms with E-state index in [2.05, 4.69) is 10.7 Å². The molecule has 0 bridgehead atoms.